The standard InChI is InChI=1S/C20H25N5O2/c21-18(26)13-24-9-7-22-19(24)15-5-3-8-25(12-15)20(27)16-10-14-4-1-2-6-17(14)23-11-16/h7,9-11,15H,1-6,8,12-13H2,(H2,21,26)/t15-/m0/s1. The summed E-state index contributed by atoms with van der Waals surface area (Å²) < 4.78 is 1.79. The highest BCUT2D eigenvalue weighted by Crippen LogP contribution is 2.27. The van der Waals surface area contributed by atoms with Gasteiger partial charge in [0.25, 0.3) is 5.91 Å². The summed E-state index contributed by atoms with van der Waals surface area (Å²) in [6.45, 7) is 1.46. The highest BCUT2D eigenvalue weighted by Gasteiger charge is 2.28. The molecule has 2 aromatic rings. The summed E-state index contributed by atoms with van der Waals surface area (Å²) in [4.78, 5) is 35.2. The molecule has 142 valence electrons. The second-order valence-electron chi connectivity index (χ2n) is 7.51. The van der Waals surface area contributed by atoms with Crippen LogP contribution >= 0.6 is 0 Å². The molecular weight excluding hydrogens is 342 g/mol. The highest BCUT2D eigenvalue weighted by atomic mass is 16.2. The number of carbonyl (C=O) groups excluding carboxylic acids is 2. The third kappa shape index (κ3) is 3.72. The first kappa shape index (κ1) is 17.7. The lowest BCUT2D eigenvalue weighted by Crippen LogP contribution is -2.40. The Morgan fingerprint density at radius 3 is 2.89 bits per heavy atom. The Labute approximate surface area is 158 Å². The highest BCUT2D eigenvalue weighted by molar-refractivity contribution is 5.94. The van der Waals surface area contributed by atoms with Crippen LogP contribution in [0.25, 0.3) is 0 Å². The molecule has 2 amide bonds. The summed E-state index contributed by atoms with van der Waals surface area (Å²) in [6.07, 6.45) is 11.4. The summed E-state index contributed by atoms with van der Waals surface area (Å²) in [5, 5.41) is 0. The number of pyridine rings is 1. The Hall–Kier alpha value is -2.70. The molecule has 27 heavy (non-hydrogen) atoms. The van der Waals surface area contributed by atoms with Gasteiger partial charge in [-0.25, -0.2) is 4.98 Å². The fraction of sp³-hybridized carbons (Fsp3) is 0.500. The average molecular weight is 367 g/mol. The molecule has 0 bridgehead atoms. The van der Waals surface area contributed by atoms with Crippen molar-refractivity contribution in [2.75, 3.05) is 13.1 Å². The number of rotatable bonds is 4. The van der Waals surface area contributed by atoms with Crippen LogP contribution in [0.1, 0.15) is 59.0 Å². The molecular formula is C20H25N5O2. The number of hydrogen-bond acceptors (Lipinski definition) is 4. The third-order valence-corrected chi connectivity index (χ3v) is 5.56. The first-order valence-corrected chi connectivity index (χ1v) is 9.68. The van der Waals surface area contributed by atoms with E-state index in [0.29, 0.717) is 12.1 Å². The number of amides is 2. The van der Waals surface area contributed by atoms with Crippen molar-refractivity contribution in [2.24, 2.45) is 5.73 Å². The first-order chi connectivity index (χ1) is 13.1. The number of fused-ring (bicyclic) bond motifs is 1. The largest absolute Gasteiger partial charge is 0.368 e. The molecule has 4 rings (SSSR count). The van der Waals surface area contributed by atoms with E-state index in [1.54, 1.807) is 23.2 Å². The lowest BCUT2D eigenvalue weighted by atomic mass is 9.94. The Kier molecular flexibility index (Phi) is 4.92. The van der Waals surface area contributed by atoms with Crippen molar-refractivity contribution >= 4 is 11.8 Å². The minimum absolute atomic E-state index is 0.0357. The fourth-order valence-electron chi connectivity index (χ4n) is 4.24. The molecule has 1 saturated heterocycles. The van der Waals surface area contributed by atoms with Crippen molar-refractivity contribution in [3.05, 3.63) is 47.3 Å². The molecule has 0 spiro atoms. The van der Waals surface area contributed by atoms with Gasteiger partial charge in [-0.15, -0.1) is 0 Å². The molecule has 0 radical (unpaired) electrons. The fourth-order valence-corrected chi connectivity index (χ4v) is 4.24. The van der Waals surface area contributed by atoms with Crippen molar-refractivity contribution in [1.82, 2.24) is 19.4 Å². The monoisotopic (exact) mass is 367 g/mol. The quantitative estimate of drug-likeness (QED) is 0.889. The number of likely N-dealkylation sites (tertiary alicyclic amines) is 1. The van der Waals surface area contributed by atoms with Crippen LogP contribution in [0.2, 0.25) is 0 Å². The Bertz CT molecular complexity index is 860. The van der Waals surface area contributed by atoms with Gasteiger partial charge in [0, 0.05) is 43.3 Å². The van der Waals surface area contributed by atoms with Crippen LogP contribution in [-0.4, -0.2) is 44.3 Å². The molecule has 1 aliphatic heterocycles. The van der Waals surface area contributed by atoms with Gasteiger partial charge in [0.2, 0.25) is 5.91 Å². The molecule has 1 fully saturated rings. The Morgan fingerprint density at radius 1 is 1.19 bits per heavy atom. The minimum atomic E-state index is -0.391. The van der Waals surface area contributed by atoms with Gasteiger partial charge in [-0.3, -0.25) is 14.6 Å². The number of carbonyl (C=O) groups is 2. The molecule has 0 unspecified atom stereocenters. The smallest absolute Gasteiger partial charge is 0.255 e. The first-order valence-electron chi connectivity index (χ1n) is 9.68. The normalized spacial score (nSPS) is 19.6. The van der Waals surface area contributed by atoms with Crippen molar-refractivity contribution in [1.29, 1.82) is 0 Å². The summed E-state index contributed by atoms with van der Waals surface area (Å²) in [6, 6.07) is 2.03. The van der Waals surface area contributed by atoms with E-state index in [1.165, 1.54) is 18.4 Å². The second-order valence-corrected chi connectivity index (χ2v) is 7.51. The number of aryl methyl sites for hydroxylation is 2. The molecule has 7 nitrogen and oxygen atoms in total. The van der Waals surface area contributed by atoms with E-state index in [1.807, 2.05) is 11.0 Å². The van der Waals surface area contributed by atoms with Crippen LogP contribution in [0.4, 0.5) is 0 Å². The maximum absolute atomic E-state index is 13.0. The second kappa shape index (κ2) is 7.50. The van der Waals surface area contributed by atoms with Crippen LogP contribution in [0.3, 0.4) is 0 Å². The molecule has 0 aromatic carbocycles. The summed E-state index contributed by atoms with van der Waals surface area (Å²) >= 11 is 0. The molecule has 1 aliphatic carbocycles. The maximum atomic E-state index is 13.0. The van der Waals surface area contributed by atoms with E-state index in [4.69, 9.17) is 5.73 Å². The predicted molar refractivity (Wildman–Crippen MR) is 100 cm³/mol. The van der Waals surface area contributed by atoms with Gasteiger partial charge in [-0.1, -0.05) is 0 Å². The van der Waals surface area contributed by atoms with Crippen LogP contribution in [-0.2, 0) is 24.2 Å². The molecule has 0 saturated carbocycles. The maximum Gasteiger partial charge on any atom is 0.255 e. The molecule has 1 atom stereocenters. The van der Waals surface area contributed by atoms with E-state index in [-0.39, 0.29) is 18.4 Å². The zero-order chi connectivity index (χ0) is 18.8. The number of aromatic nitrogens is 3. The van der Waals surface area contributed by atoms with Gasteiger partial charge in [-0.2, -0.15) is 0 Å². The van der Waals surface area contributed by atoms with Crippen LogP contribution in [0.15, 0.2) is 24.7 Å². The number of nitrogens with two attached hydrogens (primary N) is 1. The molecule has 7 heteroatoms. The van der Waals surface area contributed by atoms with Crippen molar-refractivity contribution in [2.45, 2.75) is 51.0 Å². The van der Waals surface area contributed by atoms with E-state index < -0.39 is 5.91 Å². The lowest BCUT2D eigenvalue weighted by Gasteiger charge is -2.33. The van der Waals surface area contributed by atoms with Crippen molar-refractivity contribution in [3.8, 4) is 0 Å². The molecule has 3 heterocycles. The number of hydrogen-bond donors (Lipinski definition) is 1. The van der Waals surface area contributed by atoms with E-state index in [9.17, 15) is 9.59 Å². The summed E-state index contributed by atoms with van der Waals surface area (Å²) in [7, 11) is 0. The van der Waals surface area contributed by atoms with Gasteiger partial charge in [0.05, 0.1) is 5.56 Å². The summed E-state index contributed by atoms with van der Waals surface area (Å²) in [5.74, 6) is 0.587. The Morgan fingerprint density at radius 2 is 2.04 bits per heavy atom. The zero-order valence-electron chi connectivity index (χ0n) is 15.4. The van der Waals surface area contributed by atoms with Gasteiger partial charge in [0.1, 0.15) is 12.4 Å². The Balaban J connectivity index is 1.50. The summed E-state index contributed by atoms with van der Waals surface area (Å²) in [5.41, 5.74) is 8.37. The molecule has 2 N–H and O–H groups in total. The van der Waals surface area contributed by atoms with E-state index in [2.05, 4.69) is 9.97 Å². The van der Waals surface area contributed by atoms with Gasteiger partial charge in [0.15, 0.2) is 0 Å². The topological polar surface area (TPSA) is 94.1 Å². The minimum Gasteiger partial charge on any atom is -0.368 e. The third-order valence-electron chi connectivity index (χ3n) is 5.56. The predicted octanol–water partition coefficient (Wildman–Crippen LogP) is 1.66. The van der Waals surface area contributed by atoms with Crippen LogP contribution in [0, 0.1) is 0 Å². The SMILES string of the molecule is NC(=O)Cn1ccnc1[C@H]1CCCN(C(=O)c2cnc3c(c2)CCCC3)C1. The van der Waals surface area contributed by atoms with Crippen LogP contribution in [0.5, 0.6) is 0 Å². The van der Waals surface area contributed by atoms with Gasteiger partial charge >= 0.3 is 0 Å². The number of nitrogens with zero attached hydrogens (tertiary/aromatic N) is 4. The zero-order valence-corrected chi connectivity index (χ0v) is 15.4. The molecule has 2 aliphatic rings. The number of imidazole rings is 1. The van der Waals surface area contributed by atoms with Gasteiger partial charge < -0.3 is 15.2 Å². The molecule has 2 aromatic heterocycles. The van der Waals surface area contributed by atoms with E-state index >= 15 is 0 Å². The van der Waals surface area contributed by atoms with Crippen molar-refractivity contribution < 1.29 is 9.59 Å². The van der Waals surface area contributed by atoms with Crippen LogP contribution < -0.4 is 5.73 Å². The number of primary amides is 1. The van der Waals surface area contributed by atoms with Crippen molar-refractivity contribution in [3.63, 3.8) is 0 Å². The number of piperidine rings is 1. The lowest BCUT2D eigenvalue weighted by molar-refractivity contribution is -0.118. The van der Waals surface area contributed by atoms with Gasteiger partial charge in [-0.05, 0) is 50.2 Å². The van der Waals surface area contributed by atoms with E-state index in [0.717, 1.165) is 43.7 Å². The average Bonchev–Trinajstić information content (AvgIpc) is 3.14.